The molecule has 0 heterocycles. The van der Waals surface area contributed by atoms with Gasteiger partial charge in [-0.3, -0.25) is 4.79 Å². The standard InChI is InChI=1S/C11H15NO2/c1-14-11(13)10(8-12)7-9-5-3-2-4-6-9/h2-6,10H,7-8,12H2,1H3/p+1/t10-/m1/s1. The van der Waals surface area contributed by atoms with E-state index in [1.165, 1.54) is 7.11 Å². The molecule has 0 aliphatic rings. The van der Waals surface area contributed by atoms with Gasteiger partial charge in [-0.25, -0.2) is 0 Å². The average molecular weight is 194 g/mol. The summed E-state index contributed by atoms with van der Waals surface area (Å²) in [6.45, 7) is 0.571. The minimum Gasteiger partial charge on any atom is -0.469 e. The molecular weight excluding hydrogens is 178 g/mol. The first-order chi connectivity index (χ1) is 6.77. The summed E-state index contributed by atoms with van der Waals surface area (Å²) in [6.07, 6.45) is 0.705. The van der Waals surface area contributed by atoms with Crippen LogP contribution in [0.1, 0.15) is 5.56 Å². The Bertz CT molecular complexity index is 285. The lowest BCUT2D eigenvalue weighted by Gasteiger charge is -2.09. The molecule has 0 bridgehead atoms. The highest BCUT2D eigenvalue weighted by Gasteiger charge is 2.19. The van der Waals surface area contributed by atoms with Gasteiger partial charge in [-0.05, 0) is 12.0 Å². The highest BCUT2D eigenvalue weighted by Crippen LogP contribution is 2.08. The minimum atomic E-state index is -0.177. The van der Waals surface area contributed by atoms with Crippen molar-refractivity contribution in [2.45, 2.75) is 6.42 Å². The molecule has 1 rings (SSSR count). The fraction of sp³-hybridized carbons (Fsp3) is 0.364. The third kappa shape index (κ3) is 2.85. The molecule has 0 spiro atoms. The lowest BCUT2D eigenvalue weighted by molar-refractivity contribution is -0.376. The molecule has 76 valence electrons. The number of esters is 1. The summed E-state index contributed by atoms with van der Waals surface area (Å²) in [7, 11) is 1.41. The van der Waals surface area contributed by atoms with Crippen LogP contribution in [0.3, 0.4) is 0 Å². The fourth-order valence-corrected chi connectivity index (χ4v) is 1.37. The van der Waals surface area contributed by atoms with Crippen LogP contribution in [-0.4, -0.2) is 19.6 Å². The Morgan fingerprint density at radius 3 is 2.57 bits per heavy atom. The molecule has 0 radical (unpaired) electrons. The molecular formula is C11H16NO2+. The molecule has 1 aromatic rings. The van der Waals surface area contributed by atoms with Crippen molar-refractivity contribution in [1.29, 1.82) is 0 Å². The zero-order valence-electron chi connectivity index (χ0n) is 8.40. The van der Waals surface area contributed by atoms with E-state index in [9.17, 15) is 4.79 Å². The molecule has 0 aliphatic heterocycles. The zero-order chi connectivity index (χ0) is 10.4. The average Bonchev–Trinajstić information content (AvgIpc) is 2.26. The molecule has 0 fully saturated rings. The first-order valence-electron chi connectivity index (χ1n) is 4.69. The SMILES string of the molecule is COC(=O)[C@@H](C[NH3+])Cc1ccccc1. The summed E-state index contributed by atoms with van der Waals surface area (Å²) in [5.74, 6) is -0.300. The van der Waals surface area contributed by atoms with Crippen LogP contribution in [0.4, 0.5) is 0 Å². The Labute approximate surface area is 83.9 Å². The summed E-state index contributed by atoms with van der Waals surface area (Å²) in [4.78, 5) is 11.3. The first kappa shape index (κ1) is 10.7. The second-order valence-corrected chi connectivity index (χ2v) is 3.20. The predicted octanol–water partition coefficient (Wildman–Crippen LogP) is 0.260. The number of hydrogen-bond acceptors (Lipinski definition) is 2. The quantitative estimate of drug-likeness (QED) is 0.699. The number of benzene rings is 1. The van der Waals surface area contributed by atoms with Gasteiger partial charge in [-0.1, -0.05) is 30.3 Å². The lowest BCUT2D eigenvalue weighted by atomic mass is 10.00. The van der Waals surface area contributed by atoms with Gasteiger partial charge in [0.25, 0.3) is 0 Å². The van der Waals surface area contributed by atoms with E-state index in [2.05, 4.69) is 5.73 Å². The third-order valence-electron chi connectivity index (χ3n) is 2.21. The van der Waals surface area contributed by atoms with Crippen LogP contribution in [0.25, 0.3) is 0 Å². The maximum Gasteiger partial charge on any atom is 0.314 e. The van der Waals surface area contributed by atoms with Crippen molar-refractivity contribution in [3.05, 3.63) is 35.9 Å². The smallest absolute Gasteiger partial charge is 0.314 e. The Morgan fingerprint density at radius 1 is 1.43 bits per heavy atom. The summed E-state index contributed by atoms with van der Waals surface area (Å²) in [5, 5.41) is 0. The third-order valence-corrected chi connectivity index (χ3v) is 2.21. The van der Waals surface area contributed by atoms with Crippen molar-refractivity contribution in [2.24, 2.45) is 5.92 Å². The Balaban J connectivity index is 2.62. The predicted molar refractivity (Wildman–Crippen MR) is 53.4 cm³/mol. The fourth-order valence-electron chi connectivity index (χ4n) is 1.37. The number of rotatable bonds is 4. The monoisotopic (exact) mass is 194 g/mol. The van der Waals surface area contributed by atoms with Crippen molar-refractivity contribution in [3.8, 4) is 0 Å². The lowest BCUT2D eigenvalue weighted by Crippen LogP contribution is -2.55. The van der Waals surface area contributed by atoms with Gasteiger partial charge < -0.3 is 10.5 Å². The molecule has 0 saturated carbocycles. The normalized spacial score (nSPS) is 12.1. The van der Waals surface area contributed by atoms with E-state index in [0.717, 1.165) is 5.56 Å². The summed E-state index contributed by atoms with van der Waals surface area (Å²) >= 11 is 0. The molecule has 3 N–H and O–H groups in total. The molecule has 0 aliphatic carbocycles. The molecule has 14 heavy (non-hydrogen) atoms. The van der Waals surface area contributed by atoms with Crippen LogP contribution in [0.15, 0.2) is 30.3 Å². The maximum absolute atomic E-state index is 11.3. The summed E-state index contributed by atoms with van der Waals surface area (Å²) < 4.78 is 4.70. The number of ether oxygens (including phenoxy) is 1. The maximum atomic E-state index is 11.3. The molecule has 0 saturated heterocycles. The van der Waals surface area contributed by atoms with Gasteiger partial charge in [0, 0.05) is 0 Å². The van der Waals surface area contributed by atoms with Crippen molar-refractivity contribution >= 4 is 5.97 Å². The van der Waals surface area contributed by atoms with E-state index >= 15 is 0 Å². The zero-order valence-corrected chi connectivity index (χ0v) is 8.40. The number of quaternary nitrogens is 1. The van der Waals surface area contributed by atoms with E-state index in [0.29, 0.717) is 13.0 Å². The van der Waals surface area contributed by atoms with Crippen LogP contribution in [0.2, 0.25) is 0 Å². The number of carbonyl (C=O) groups is 1. The van der Waals surface area contributed by atoms with Gasteiger partial charge in [0.1, 0.15) is 5.92 Å². The van der Waals surface area contributed by atoms with E-state index in [1.54, 1.807) is 0 Å². The van der Waals surface area contributed by atoms with Crippen molar-refractivity contribution in [2.75, 3.05) is 13.7 Å². The highest BCUT2D eigenvalue weighted by molar-refractivity contribution is 5.72. The molecule has 1 atom stereocenters. The molecule has 3 heteroatoms. The summed E-state index contributed by atoms with van der Waals surface area (Å²) in [5.41, 5.74) is 4.90. The number of methoxy groups -OCH3 is 1. The van der Waals surface area contributed by atoms with Crippen LogP contribution in [0, 0.1) is 5.92 Å². The Morgan fingerprint density at radius 2 is 2.07 bits per heavy atom. The first-order valence-corrected chi connectivity index (χ1v) is 4.69. The van der Waals surface area contributed by atoms with E-state index in [4.69, 9.17) is 4.74 Å². The van der Waals surface area contributed by atoms with Gasteiger partial charge in [0.2, 0.25) is 0 Å². The highest BCUT2D eigenvalue weighted by atomic mass is 16.5. The minimum absolute atomic E-state index is 0.123. The summed E-state index contributed by atoms with van der Waals surface area (Å²) in [6, 6.07) is 9.90. The number of carbonyl (C=O) groups excluding carboxylic acids is 1. The Kier molecular flexibility index (Phi) is 4.13. The van der Waals surface area contributed by atoms with Crippen molar-refractivity contribution in [3.63, 3.8) is 0 Å². The van der Waals surface area contributed by atoms with Gasteiger partial charge >= 0.3 is 5.97 Å². The molecule has 0 amide bonds. The molecule has 3 nitrogen and oxygen atoms in total. The van der Waals surface area contributed by atoms with Gasteiger partial charge in [0.05, 0.1) is 13.7 Å². The van der Waals surface area contributed by atoms with E-state index in [-0.39, 0.29) is 11.9 Å². The number of hydrogen-bond donors (Lipinski definition) is 1. The van der Waals surface area contributed by atoms with Crippen LogP contribution < -0.4 is 5.73 Å². The molecule has 0 unspecified atom stereocenters. The van der Waals surface area contributed by atoms with Crippen LogP contribution in [0.5, 0.6) is 0 Å². The largest absolute Gasteiger partial charge is 0.469 e. The van der Waals surface area contributed by atoms with E-state index < -0.39 is 0 Å². The van der Waals surface area contributed by atoms with Crippen LogP contribution >= 0.6 is 0 Å². The van der Waals surface area contributed by atoms with E-state index in [1.807, 2.05) is 30.3 Å². The Hall–Kier alpha value is -1.35. The van der Waals surface area contributed by atoms with Gasteiger partial charge in [-0.2, -0.15) is 0 Å². The van der Waals surface area contributed by atoms with Gasteiger partial charge in [-0.15, -0.1) is 0 Å². The molecule has 1 aromatic carbocycles. The van der Waals surface area contributed by atoms with Crippen molar-refractivity contribution < 1.29 is 15.3 Å². The van der Waals surface area contributed by atoms with Crippen molar-refractivity contribution in [1.82, 2.24) is 0 Å². The second kappa shape index (κ2) is 5.40. The topological polar surface area (TPSA) is 53.9 Å². The van der Waals surface area contributed by atoms with Crippen LogP contribution in [-0.2, 0) is 16.0 Å². The van der Waals surface area contributed by atoms with Gasteiger partial charge in [0.15, 0.2) is 0 Å². The second-order valence-electron chi connectivity index (χ2n) is 3.20. The molecule has 0 aromatic heterocycles.